The molecule has 10 heteroatoms. The first-order chi connectivity index (χ1) is 11.3. The molecule has 0 bridgehead atoms. The van der Waals surface area contributed by atoms with Gasteiger partial charge in [-0.1, -0.05) is 0 Å². The van der Waals surface area contributed by atoms with E-state index in [2.05, 4.69) is 10.1 Å². The molecule has 1 atom stereocenters. The van der Waals surface area contributed by atoms with Crippen molar-refractivity contribution in [2.75, 3.05) is 24.7 Å². The number of anilines is 1. The lowest BCUT2D eigenvalue weighted by Crippen LogP contribution is -2.22. The van der Waals surface area contributed by atoms with E-state index in [4.69, 9.17) is 0 Å². The van der Waals surface area contributed by atoms with Crippen molar-refractivity contribution in [2.45, 2.75) is 36.8 Å². The highest BCUT2D eigenvalue weighted by Gasteiger charge is 2.38. The molecule has 1 heterocycles. The summed E-state index contributed by atoms with van der Waals surface area (Å²) >= 11 is 0. The fraction of sp³-hybridized carbons (Fsp3) is 0.600. The van der Waals surface area contributed by atoms with Crippen LogP contribution in [0.5, 0.6) is 5.75 Å². The molecular weight excluding hydrogens is 369 g/mol. The smallest absolute Gasteiger partial charge is 0.420 e. The Hall–Kier alpha value is -1.58. The van der Waals surface area contributed by atoms with E-state index in [9.17, 15) is 30.4 Å². The number of sulfone groups is 1. The SMILES string of the molecule is COc1cc2c(cc1C(F)(F)F)NC[C@@H](CCC(C)(F)F)CS2(=O)=O. The van der Waals surface area contributed by atoms with Crippen LogP contribution < -0.4 is 10.1 Å². The third-order valence-electron chi connectivity index (χ3n) is 3.97. The number of halogens is 5. The zero-order valence-corrected chi connectivity index (χ0v) is 14.4. The van der Waals surface area contributed by atoms with Crippen LogP contribution in [0.15, 0.2) is 17.0 Å². The summed E-state index contributed by atoms with van der Waals surface area (Å²) in [4.78, 5) is -0.317. The number of hydrogen-bond acceptors (Lipinski definition) is 4. The average Bonchev–Trinajstić information content (AvgIpc) is 2.58. The molecule has 4 nitrogen and oxygen atoms in total. The van der Waals surface area contributed by atoms with Gasteiger partial charge in [0, 0.05) is 19.0 Å². The van der Waals surface area contributed by atoms with Gasteiger partial charge in [-0.2, -0.15) is 13.2 Å². The van der Waals surface area contributed by atoms with Crippen molar-refractivity contribution in [3.05, 3.63) is 17.7 Å². The standard InChI is InChI=1S/C15H18F5NO3S/c1-14(16,17)4-3-9-7-21-11-5-10(15(18,19)20)12(24-2)6-13(11)25(22,23)8-9/h5-6,9,21H,3-4,7-8H2,1-2H3/t9-/m1/s1. The van der Waals surface area contributed by atoms with Crippen LogP contribution in [-0.4, -0.2) is 33.7 Å². The van der Waals surface area contributed by atoms with Crippen molar-refractivity contribution in [1.82, 2.24) is 0 Å². The zero-order chi connectivity index (χ0) is 19.0. The molecule has 0 fully saturated rings. The highest BCUT2D eigenvalue weighted by atomic mass is 32.2. The lowest BCUT2D eigenvalue weighted by molar-refractivity contribution is -0.138. The summed E-state index contributed by atoms with van der Waals surface area (Å²) in [6, 6.07) is 1.51. The zero-order valence-electron chi connectivity index (χ0n) is 13.6. The van der Waals surface area contributed by atoms with Gasteiger partial charge < -0.3 is 10.1 Å². The van der Waals surface area contributed by atoms with Crippen LogP contribution >= 0.6 is 0 Å². The molecule has 0 unspecified atom stereocenters. The van der Waals surface area contributed by atoms with E-state index in [0.29, 0.717) is 6.07 Å². The molecule has 0 aliphatic carbocycles. The van der Waals surface area contributed by atoms with Gasteiger partial charge in [-0.3, -0.25) is 0 Å². The molecule has 0 spiro atoms. The van der Waals surface area contributed by atoms with Gasteiger partial charge in [0.05, 0.1) is 29.0 Å². The van der Waals surface area contributed by atoms with Gasteiger partial charge in [0.1, 0.15) is 5.75 Å². The Morgan fingerprint density at radius 3 is 2.40 bits per heavy atom. The van der Waals surface area contributed by atoms with E-state index in [0.717, 1.165) is 20.1 Å². The monoisotopic (exact) mass is 387 g/mol. The number of fused-ring (bicyclic) bond motifs is 1. The first-order valence-electron chi connectivity index (χ1n) is 7.47. The summed E-state index contributed by atoms with van der Waals surface area (Å²) < 4.78 is 94.9. The second kappa shape index (κ2) is 6.62. The van der Waals surface area contributed by atoms with Gasteiger partial charge in [-0.05, 0) is 25.3 Å². The Morgan fingerprint density at radius 1 is 1.24 bits per heavy atom. The van der Waals surface area contributed by atoms with Crippen LogP contribution in [0.25, 0.3) is 0 Å². The molecule has 0 saturated heterocycles. The van der Waals surface area contributed by atoms with Crippen LogP contribution in [0, 0.1) is 5.92 Å². The predicted octanol–water partition coefficient (Wildman–Crippen LogP) is 3.96. The van der Waals surface area contributed by atoms with Gasteiger partial charge in [-0.25, -0.2) is 17.2 Å². The topological polar surface area (TPSA) is 55.4 Å². The minimum absolute atomic E-state index is 0.00800. The minimum atomic E-state index is -4.72. The van der Waals surface area contributed by atoms with Crippen LogP contribution in [0.2, 0.25) is 0 Å². The van der Waals surface area contributed by atoms with Gasteiger partial charge >= 0.3 is 6.18 Å². The minimum Gasteiger partial charge on any atom is -0.496 e. The van der Waals surface area contributed by atoms with Gasteiger partial charge in [0.2, 0.25) is 5.92 Å². The van der Waals surface area contributed by atoms with Gasteiger partial charge in [0.15, 0.2) is 9.84 Å². The van der Waals surface area contributed by atoms with E-state index in [1.54, 1.807) is 0 Å². The van der Waals surface area contributed by atoms with Crippen LogP contribution in [0.3, 0.4) is 0 Å². The third-order valence-corrected chi connectivity index (χ3v) is 5.89. The molecule has 1 aliphatic rings. The van der Waals surface area contributed by atoms with Crippen molar-refractivity contribution < 1.29 is 35.1 Å². The summed E-state index contributed by atoms with van der Waals surface area (Å²) in [5.74, 6) is -4.59. The number of rotatable bonds is 4. The van der Waals surface area contributed by atoms with Crippen LogP contribution in [0.4, 0.5) is 27.6 Å². The maximum atomic E-state index is 13.1. The quantitative estimate of drug-likeness (QED) is 0.795. The van der Waals surface area contributed by atoms with Gasteiger partial charge in [0.25, 0.3) is 0 Å². The normalized spacial score (nSPS) is 20.4. The predicted molar refractivity (Wildman–Crippen MR) is 81.9 cm³/mol. The average molecular weight is 387 g/mol. The van der Waals surface area contributed by atoms with Crippen molar-refractivity contribution in [3.63, 3.8) is 0 Å². The largest absolute Gasteiger partial charge is 0.496 e. The van der Waals surface area contributed by atoms with E-state index in [1.165, 1.54) is 0 Å². The Balaban J connectivity index is 2.40. The second-order valence-corrected chi connectivity index (χ2v) is 8.19. The maximum absolute atomic E-state index is 13.1. The van der Waals surface area contributed by atoms with Crippen LogP contribution in [0.1, 0.15) is 25.3 Å². The summed E-state index contributed by atoms with van der Waals surface area (Å²) in [5.41, 5.74) is -1.30. The molecule has 1 N–H and O–H groups in total. The summed E-state index contributed by atoms with van der Waals surface area (Å²) in [6.45, 7) is 0.729. The Morgan fingerprint density at radius 2 is 1.88 bits per heavy atom. The fourth-order valence-corrected chi connectivity index (χ4v) is 4.54. The number of nitrogens with one attached hydrogen (secondary N) is 1. The molecule has 142 valence electrons. The Kier molecular flexibility index (Phi) is 5.23. The molecule has 1 aliphatic heterocycles. The number of benzene rings is 1. The summed E-state index contributed by atoms with van der Waals surface area (Å²) in [5, 5.41) is 2.65. The highest BCUT2D eigenvalue weighted by Crippen LogP contribution is 2.42. The molecule has 0 saturated carbocycles. The van der Waals surface area contributed by atoms with Crippen molar-refractivity contribution in [1.29, 1.82) is 0 Å². The summed E-state index contributed by atoms with van der Waals surface area (Å²) in [7, 11) is -2.93. The fourth-order valence-electron chi connectivity index (χ4n) is 2.70. The van der Waals surface area contributed by atoms with Crippen molar-refractivity contribution in [3.8, 4) is 5.75 Å². The van der Waals surface area contributed by atoms with Gasteiger partial charge in [-0.15, -0.1) is 0 Å². The van der Waals surface area contributed by atoms with E-state index >= 15 is 0 Å². The molecule has 0 aromatic heterocycles. The third kappa shape index (κ3) is 4.74. The first kappa shape index (κ1) is 19.7. The lowest BCUT2D eigenvalue weighted by atomic mass is 10.0. The highest BCUT2D eigenvalue weighted by molar-refractivity contribution is 7.91. The lowest BCUT2D eigenvalue weighted by Gasteiger charge is -2.17. The van der Waals surface area contributed by atoms with Crippen LogP contribution in [-0.2, 0) is 16.0 Å². The molecule has 0 amide bonds. The molecule has 25 heavy (non-hydrogen) atoms. The van der Waals surface area contributed by atoms with E-state index in [1.807, 2.05) is 0 Å². The number of hydrogen-bond donors (Lipinski definition) is 1. The molecule has 2 rings (SSSR count). The molecule has 1 aromatic rings. The Labute approximate surface area is 142 Å². The van der Waals surface area contributed by atoms with Crippen molar-refractivity contribution >= 4 is 15.5 Å². The summed E-state index contributed by atoms with van der Waals surface area (Å²) in [6.07, 6.45) is -5.28. The molecule has 0 radical (unpaired) electrons. The van der Waals surface area contributed by atoms with Crippen molar-refractivity contribution in [2.24, 2.45) is 5.92 Å². The number of methoxy groups -OCH3 is 1. The first-order valence-corrected chi connectivity index (χ1v) is 9.12. The maximum Gasteiger partial charge on any atom is 0.420 e. The molecule has 1 aromatic carbocycles. The van der Waals surface area contributed by atoms with E-state index < -0.39 is 51.3 Å². The van der Waals surface area contributed by atoms with E-state index in [-0.39, 0.29) is 23.5 Å². The Bertz CT molecular complexity index is 741. The number of alkyl halides is 5. The number of ether oxygens (including phenoxy) is 1. The second-order valence-electron chi connectivity index (χ2n) is 6.18. The molecular formula is C15H18F5NO3S.